The molecule has 4 nitrogen and oxygen atoms in total. The normalized spacial score (nSPS) is 13.1. The number of esters is 1. The Bertz CT molecular complexity index is 291. The zero-order valence-corrected chi connectivity index (χ0v) is 7.80. The summed E-state index contributed by atoms with van der Waals surface area (Å²) < 4.78 is 14.4. The van der Waals surface area contributed by atoms with Gasteiger partial charge in [0.15, 0.2) is 0 Å². The second-order valence-corrected chi connectivity index (χ2v) is 2.51. The van der Waals surface area contributed by atoms with E-state index in [0.29, 0.717) is 5.57 Å². The van der Waals surface area contributed by atoms with Crippen molar-refractivity contribution in [1.29, 1.82) is 0 Å². The van der Waals surface area contributed by atoms with Gasteiger partial charge in [0.05, 0.1) is 0 Å². The van der Waals surface area contributed by atoms with Crippen molar-refractivity contribution in [3.8, 4) is 5.63 Å². The van der Waals surface area contributed by atoms with Crippen LogP contribution in [0.15, 0.2) is 11.6 Å². The zero-order chi connectivity index (χ0) is 9.56. The summed E-state index contributed by atoms with van der Waals surface area (Å²) in [6, 6.07) is -0.816. The number of methoxy groups -OCH3 is 1. The van der Waals surface area contributed by atoms with Gasteiger partial charge in [-0.05, 0) is 0 Å². The first-order valence-corrected chi connectivity index (χ1v) is 4.03. The van der Waals surface area contributed by atoms with Crippen LogP contribution in [0, 0.1) is 5.63 Å². The summed E-state index contributed by atoms with van der Waals surface area (Å²) in [5.74, 6) is -0.529. The third-order valence-electron chi connectivity index (χ3n) is 1.12. The fraction of sp³-hybridized carbons (Fsp3) is 0.429. The average molecular weight is 187 g/mol. The van der Waals surface area contributed by atoms with E-state index >= 15 is 0 Å². The predicted octanol–water partition coefficient (Wildman–Crippen LogP) is 0.684. The molecule has 0 radical (unpaired) electrons. The summed E-state index contributed by atoms with van der Waals surface area (Å²) >= 11 is 0. The van der Waals surface area contributed by atoms with E-state index in [2.05, 4.69) is 10.4 Å². The Morgan fingerprint density at radius 1 is 1.75 bits per heavy atom. The Morgan fingerprint density at radius 2 is 2.33 bits per heavy atom. The predicted molar refractivity (Wildman–Crippen MR) is 45.2 cm³/mol. The Kier molecular flexibility index (Phi) is 5.39. The van der Waals surface area contributed by atoms with E-state index in [0.717, 1.165) is 0 Å². The third kappa shape index (κ3) is 4.14. The van der Waals surface area contributed by atoms with Gasteiger partial charge in [0, 0.05) is 0 Å². The summed E-state index contributed by atoms with van der Waals surface area (Å²) in [5, 5.41) is 0. The molecule has 0 aromatic carbocycles. The van der Waals surface area contributed by atoms with Gasteiger partial charge >= 0.3 is 71.1 Å². The van der Waals surface area contributed by atoms with Crippen LogP contribution in [0.25, 0.3) is 0 Å². The molecule has 0 amide bonds. The van der Waals surface area contributed by atoms with Crippen molar-refractivity contribution < 1.29 is 14.1 Å². The van der Waals surface area contributed by atoms with Crippen molar-refractivity contribution in [2.75, 3.05) is 7.11 Å². The second kappa shape index (κ2) is 5.78. The number of allylic oxidation sites excluding steroid dienone is 1. The van der Waals surface area contributed by atoms with Gasteiger partial charge in [-0.3, -0.25) is 0 Å². The SMILES string of the molecule is COC(=O)C(N)/C=C(\C)C#P=O. The standard InChI is InChI=1S/C7H10NO3P/c1-5(4-12-10)3-6(8)7(9)11-2/h3,6H,8H2,1-2H3/b5-3+. The maximum absolute atomic E-state index is 10.8. The molecule has 0 bridgehead atoms. The van der Waals surface area contributed by atoms with Crippen molar-refractivity contribution in [2.45, 2.75) is 13.0 Å². The minimum absolute atomic E-state index is 0.225. The van der Waals surface area contributed by atoms with E-state index in [1.807, 2.05) is 0 Å². The molecular formula is C7H10NO3P. The van der Waals surface area contributed by atoms with Gasteiger partial charge in [-0.25, -0.2) is 0 Å². The first-order chi connectivity index (χ1) is 5.61. The first-order valence-electron chi connectivity index (χ1n) is 3.22. The van der Waals surface area contributed by atoms with Gasteiger partial charge in [-0.2, -0.15) is 0 Å². The monoisotopic (exact) mass is 187 g/mol. The number of nitrogens with two attached hydrogens (primary N) is 1. The van der Waals surface area contributed by atoms with E-state index in [9.17, 15) is 9.36 Å². The van der Waals surface area contributed by atoms with Gasteiger partial charge in [0.2, 0.25) is 0 Å². The molecule has 0 aromatic rings. The molecule has 0 rings (SSSR count). The number of hydrogen-bond acceptors (Lipinski definition) is 4. The van der Waals surface area contributed by atoms with Crippen LogP contribution in [-0.4, -0.2) is 19.1 Å². The van der Waals surface area contributed by atoms with E-state index < -0.39 is 12.0 Å². The molecule has 0 saturated carbocycles. The van der Waals surface area contributed by atoms with Crippen LogP contribution in [0.3, 0.4) is 0 Å². The summed E-state index contributed by atoms with van der Waals surface area (Å²) in [6.07, 6.45) is 1.43. The van der Waals surface area contributed by atoms with Gasteiger partial charge in [-0.1, -0.05) is 0 Å². The molecule has 1 atom stereocenters. The van der Waals surface area contributed by atoms with Crippen LogP contribution in [-0.2, 0) is 14.1 Å². The first kappa shape index (κ1) is 11.2. The molecule has 0 aliphatic rings. The van der Waals surface area contributed by atoms with E-state index in [1.165, 1.54) is 13.2 Å². The molecule has 0 heterocycles. The second-order valence-electron chi connectivity index (χ2n) is 2.10. The summed E-state index contributed by atoms with van der Waals surface area (Å²) in [5.41, 5.74) is 8.37. The van der Waals surface area contributed by atoms with Crippen molar-refractivity contribution in [2.24, 2.45) is 5.73 Å². The quantitative estimate of drug-likeness (QED) is 0.509. The van der Waals surface area contributed by atoms with Gasteiger partial charge in [-0.15, -0.1) is 0 Å². The van der Waals surface area contributed by atoms with E-state index in [4.69, 9.17) is 5.73 Å². The number of carbonyl (C=O) groups excluding carboxylic acids is 1. The summed E-state index contributed by atoms with van der Waals surface area (Å²) in [6.45, 7) is 1.65. The number of ether oxygens (including phenoxy) is 1. The molecule has 12 heavy (non-hydrogen) atoms. The topological polar surface area (TPSA) is 69.4 Å². The van der Waals surface area contributed by atoms with Crippen LogP contribution in [0.4, 0.5) is 0 Å². The Balaban J connectivity index is 4.39. The summed E-state index contributed by atoms with van der Waals surface area (Å²) in [4.78, 5) is 10.8. The number of carbonyl (C=O) groups is 1. The zero-order valence-electron chi connectivity index (χ0n) is 6.90. The molecule has 66 valence electrons. The molecular weight excluding hydrogens is 177 g/mol. The summed E-state index contributed by atoms with van der Waals surface area (Å²) in [7, 11) is 1.03. The molecule has 0 aliphatic heterocycles. The molecule has 1 unspecified atom stereocenters. The van der Waals surface area contributed by atoms with Crippen molar-refractivity contribution >= 4 is 13.9 Å². The Labute approximate surface area is 71.9 Å². The molecule has 0 fully saturated rings. The van der Waals surface area contributed by atoms with Crippen LogP contribution in [0.5, 0.6) is 0 Å². The number of rotatable bonds is 2. The van der Waals surface area contributed by atoms with Gasteiger partial charge in [0.25, 0.3) is 0 Å². The Hall–Kier alpha value is -0.820. The molecule has 0 saturated heterocycles. The van der Waals surface area contributed by atoms with Crippen molar-refractivity contribution in [3.63, 3.8) is 0 Å². The van der Waals surface area contributed by atoms with Crippen molar-refractivity contribution in [1.82, 2.24) is 0 Å². The van der Waals surface area contributed by atoms with Crippen LogP contribution < -0.4 is 5.73 Å². The molecule has 0 aromatic heterocycles. The van der Waals surface area contributed by atoms with Crippen molar-refractivity contribution in [3.05, 3.63) is 11.6 Å². The van der Waals surface area contributed by atoms with Gasteiger partial charge in [0.1, 0.15) is 0 Å². The maximum atomic E-state index is 10.8. The Morgan fingerprint density at radius 3 is 2.75 bits per heavy atom. The molecule has 0 spiro atoms. The van der Waals surface area contributed by atoms with Crippen LogP contribution >= 0.6 is 7.92 Å². The number of hydrogen-bond donors (Lipinski definition) is 1. The minimum atomic E-state index is -0.816. The third-order valence-corrected chi connectivity index (χ3v) is 1.57. The van der Waals surface area contributed by atoms with Gasteiger partial charge < -0.3 is 0 Å². The fourth-order valence-corrected chi connectivity index (χ4v) is 0.801. The average Bonchev–Trinajstić information content (AvgIpc) is 2.03. The molecule has 5 heteroatoms. The molecule has 2 N–H and O–H groups in total. The van der Waals surface area contributed by atoms with Crippen LogP contribution in [0.2, 0.25) is 0 Å². The fourth-order valence-electron chi connectivity index (χ4n) is 0.583. The van der Waals surface area contributed by atoms with Crippen LogP contribution in [0.1, 0.15) is 6.92 Å². The van der Waals surface area contributed by atoms with E-state index in [-0.39, 0.29) is 7.92 Å². The van der Waals surface area contributed by atoms with E-state index in [1.54, 1.807) is 6.92 Å². The molecule has 0 aliphatic carbocycles.